The van der Waals surface area contributed by atoms with Crippen LogP contribution in [0.25, 0.3) is 33.1 Å². The fourth-order valence-corrected chi connectivity index (χ4v) is 10.0. The summed E-state index contributed by atoms with van der Waals surface area (Å²) in [5, 5.41) is 21.3. The van der Waals surface area contributed by atoms with E-state index in [4.69, 9.17) is 36.0 Å². The average Bonchev–Trinajstić information content (AvgIpc) is 3.72. The first kappa shape index (κ1) is 30.0. The Morgan fingerprint density at radius 3 is 2.91 bits per heavy atom. The highest BCUT2D eigenvalue weighted by molar-refractivity contribution is 6.33. The molecule has 0 amide bonds. The van der Waals surface area contributed by atoms with Gasteiger partial charge in [0.2, 0.25) is 0 Å². The lowest BCUT2D eigenvalue weighted by molar-refractivity contribution is -0.167. The van der Waals surface area contributed by atoms with Crippen LogP contribution in [0.1, 0.15) is 62.6 Å². The van der Waals surface area contributed by atoms with Crippen molar-refractivity contribution in [3.8, 4) is 17.3 Å². The van der Waals surface area contributed by atoms with E-state index < -0.39 is 11.8 Å². The SMILES string of the molecule is Cc1nc2cc3nc(OC[C@@]45CCCN4C[C@H](F)C5)nc(c13)N1CCCC3(C1)CC(O)(COCCCc1c(Cl)cc4[nH]ncc4c1-2)C3. The Balaban J connectivity index is 1.20. The topological polar surface area (TPSA) is 113 Å². The van der Waals surface area contributed by atoms with Gasteiger partial charge in [-0.05, 0) is 87.9 Å². The molecule has 47 heavy (non-hydrogen) atoms. The van der Waals surface area contributed by atoms with Crippen LogP contribution in [-0.4, -0.2) is 98.5 Å². The summed E-state index contributed by atoms with van der Waals surface area (Å²) in [6, 6.07) is 4.27. The van der Waals surface area contributed by atoms with Gasteiger partial charge >= 0.3 is 6.01 Å². The monoisotopic (exact) mass is 661 g/mol. The van der Waals surface area contributed by atoms with Crippen molar-refractivity contribution in [2.75, 3.05) is 50.9 Å². The maximum Gasteiger partial charge on any atom is 0.319 e. The van der Waals surface area contributed by atoms with Gasteiger partial charge in [-0.1, -0.05) is 11.6 Å². The minimum absolute atomic E-state index is 0.00380. The first-order valence-electron chi connectivity index (χ1n) is 17.1. The molecule has 1 saturated carbocycles. The molecule has 248 valence electrons. The molecule has 3 saturated heterocycles. The number of alkyl halides is 1. The number of hydrogen-bond donors (Lipinski definition) is 2. The summed E-state index contributed by atoms with van der Waals surface area (Å²) in [7, 11) is 0. The summed E-state index contributed by atoms with van der Waals surface area (Å²) in [6.07, 6.45) is 8.37. The number of aromatic amines is 1. The second-order valence-corrected chi connectivity index (χ2v) is 15.4. The van der Waals surface area contributed by atoms with Gasteiger partial charge in [0, 0.05) is 48.6 Å². The van der Waals surface area contributed by atoms with Crippen LogP contribution in [0.2, 0.25) is 5.02 Å². The molecular weight excluding hydrogens is 621 g/mol. The Labute approximate surface area is 278 Å². The van der Waals surface area contributed by atoms with Gasteiger partial charge in [-0.15, -0.1) is 0 Å². The normalized spacial score (nSPS) is 30.9. The summed E-state index contributed by atoms with van der Waals surface area (Å²) in [5.41, 5.74) is 3.98. The van der Waals surface area contributed by atoms with Crippen molar-refractivity contribution in [3.63, 3.8) is 0 Å². The smallest absolute Gasteiger partial charge is 0.319 e. The Bertz CT molecular complexity index is 1880. The minimum Gasteiger partial charge on any atom is -0.461 e. The quantitative estimate of drug-likeness (QED) is 0.291. The minimum atomic E-state index is -0.831. The maximum atomic E-state index is 14.6. The number of hydrogen-bond acceptors (Lipinski definition) is 9. The van der Waals surface area contributed by atoms with Crippen molar-refractivity contribution in [2.45, 2.75) is 82.0 Å². The van der Waals surface area contributed by atoms with Crippen LogP contribution in [0.5, 0.6) is 6.01 Å². The van der Waals surface area contributed by atoms with Gasteiger partial charge < -0.3 is 19.5 Å². The van der Waals surface area contributed by atoms with E-state index in [0.29, 0.717) is 63.1 Å². The summed E-state index contributed by atoms with van der Waals surface area (Å²) in [4.78, 5) is 19.9. The molecule has 4 fully saturated rings. The molecule has 4 aromatic rings. The van der Waals surface area contributed by atoms with Crippen molar-refractivity contribution in [3.05, 3.63) is 34.6 Å². The van der Waals surface area contributed by atoms with Crippen LogP contribution in [0.15, 0.2) is 18.3 Å². The van der Waals surface area contributed by atoms with Gasteiger partial charge in [-0.25, -0.2) is 4.39 Å². The lowest BCUT2D eigenvalue weighted by Crippen LogP contribution is -2.60. The molecule has 0 radical (unpaired) electrons. The van der Waals surface area contributed by atoms with Crippen LogP contribution < -0.4 is 9.64 Å². The number of rotatable bonds is 3. The Morgan fingerprint density at radius 2 is 2.02 bits per heavy atom. The zero-order valence-electron chi connectivity index (χ0n) is 26.8. The number of pyridine rings is 1. The summed E-state index contributed by atoms with van der Waals surface area (Å²) in [6.45, 7) is 6.26. The molecule has 1 aliphatic carbocycles. The third-order valence-electron chi connectivity index (χ3n) is 11.6. The molecule has 0 unspecified atom stereocenters. The number of piperidine rings is 1. The highest BCUT2D eigenvalue weighted by atomic mass is 35.5. The number of aromatic nitrogens is 5. The van der Waals surface area contributed by atoms with Crippen molar-refractivity contribution in [1.82, 2.24) is 30.0 Å². The number of nitrogens with one attached hydrogen (secondary N) is 1. The highest BCUT2D eigenvalue weighted by Gasteiger charge is 2.55. The van der Waals surface area contributed by atoms with Crippen LogP contribution in [0.4, 0.5) is 10.2 Å². The molecule has 3 aromatic heterocycles. The zero-order chi connectivity index (χ0) is 32.0. The molecule has 11 rings (SSSR count). The van der Waals surface area contributed by atoms with E-state index >= 15 is 0 Å². The predicted molar refractivity (Wildman–Crippen MR) is 178 cm³/mol. The van der Waals surface area contributed by atoms with E-state index in [0.717, 1.165) is 102 Å². The van der Waals surface area contributed by atoms with E-state index in [1.807, 2.05) is 25.3 Å². The van der Waals surface area contributed by atoms with Crippen molar-refractivity contribution in [1.29, 1.82) is 0 Å². The van der Waals surface area contributed by atoms with E-state index in [9.17, 15) is 9.50 Å². The van der Waals surface area contributed by atoms with Crippen molar-refractivity contribution in [2.24, 2.45) is 5.41 Å². The van der Waals surface area contributed by atoms with E-state index in [-0.39, 0.29) is 11.0 Å². The van der Waals surface area contributed by atoms with E-state index in [2.05, 4.69) is 20.0 Å². The molecule has 6 aliphatic heterocycles. The van der Waals surface area contributed by atoms with E-state index in [1.54, 1.807) is 0 Å². The molecule has 12 heteroatoms. The van der Waals surface area contributed by atoms with Gasteiger partial charge in [0.15, 0.2) is 0 Å². The number of anilines is 1. The number of ether oxygens (including phenoxy) is 2. The number of nitrogens with zero attached hydrogens (tertiary/aromatic N) is 6. The van der Waals surface area contributed by atoms with Gasteiger partial charge in [0.1, 0.15) is 18.6 Å². The Kier molecular flexibility index (Phi) is 6.98. The van der Waals surface area contributed by atoms with Gasteiger partial charge in [-0.3, -0.25) is 15.0 Å². The first-order valence-corrected chi connectivity index (χ1v) is 17.5. The van der Waals surface area contributed by atoms with Crippen LogP contribution in [-0.2, 0) is 11.2 Å². The third kappa shape index (κ3) is 4.99. The predicted octanol–water partition coefficient (Wildman–Crippen LogP) is 5.56. The van der Waals surface area contributed by atoms with Gasteiger partial charge in [0.25, 0.3) is 0 Å². The summed E-state index contributed by atoms with van der Waals surface area (Å²) < 4.78 is 27.2. The second-order valence-electron chi connectivity index (χ2n) is 15.0. The molecule has 9 heterocycles. The zero-order valence-corrected chi connectivity index (χ0v) is 27.6. The molecule has 1 aromatic carbocycles. The van der Waals surface area contributed by atoms with Crippen LogP contribution in [0, 0.1) is 12.3 Å². The number of halogens is 2. The summed E-state index contributed by atoms with van der Waals surface area (Å²) in [5.74, 6) is 0.812. The number of aryl methyl sites for hydroxylation is 1. The van der Waals surface area contributed by atoms with Crippen LogP contribution in [0.3, 0.4) is 0 Å². The highest BCUT2D eigenvalue weighted by Crippen LogP contribution is 2.54. The van der Waals surface area contributed by atoms with Gasteiger partial charge in [-0.2, -0.15) is 15.1 Å². The standard InChI is InChI=1S/C35H41ClFN7O3/c1-21-29-27-12-28(39-21)30-23(25(36)11-26-24(30)14-38-42-26)5-2-10-46-20-35(45)16-33(17-35)6-3-8-43(18-33)31(29)41-32(40-27)47-19-34-7-4-9-44(34)15-22(37)13-34/h11-12,14,22,45H,2-10,13,15-20H2,1H3,(H,38,42)/t22-,33?,34+,35?/m1/s1. The van der Waals surface area contributed by atoms with E-state index in [1.165, 1.54) is 0 Å². The Morgan fingerprint density at radius 1 is 1.15 bits per heavy atom. The molecule has 7 bridgehead atoms. The van der Waals surface area contributed by atoms with Crippen molar-refractivity contribution >= 4 is 39.2 Å². The van der Waals surface area contributed by atoms with Crippen LogP contribution >= 0.6 is 11.6 Å². The first-order chi connectivity index (χ1) is 22.7. The lowest BCUT2D eigenvalue weighted by Gasteiger charge is -2.57. The number of fused-ring (bicyclic) bond motifs is 2. The largest absolute Gasteiger partial charge is 0.461 e. The molecule has 2 N–H and O–H groups in total. The number of aliphatic hydroxyl groups is 1. The van der Waals surface area contributed by atoms with Gasteiger partial charge in [0.05, 0.1) is 51.8 Å². The average molecular weight is 662 g/mol. The van der Waals surface area contributed by atoms with Crippen molar-refractivity contribution < 1.29 is 19.0 Å². The second kappa shape index (κ2) is 10.9. The molecule has 10 nitrogen and oxygen atoms in total. The maximum absolute atomic E-state index is 14.6. The molecular formula is C35H41ClFN7O3. The number of benzene rings is 1. The molecule has 1 spiro atoms. The molecule has 7 aliphatic rings. The lowest BCUT2D eigenvalue weighted by atomic mass is 9.56. The molecule has 2 atom stereocenters. The fraction of sp³-hybridized carbons (Fsp3) is 0.600. The Hall–Kier alpha value is -3.12. The third-order valence-corrected chi connectivity index (χ3v) is 11.9. The number of H-pyrrole nitrogens is 1. The summed E-state index contributed by atoms with van der Waals surface area (Å²) >= 11 is 6.95. The fourth-order valence-electron chi connectivity index (χ4n) is 9.74.